The van der Waals surface area contributed by atoms with Crippen LogP contribution in [0, 0.1) is 11.8 Å². The molecule has 30 heavy (non-hydrogen) atoms. The first-order chi connectivity index (χ1) is 14.5. The molecule has 4 aliphatic heterocycles. The zero-order chi connectivity index (χ0) is 20.8. The third-order valence-electron chi connectivity index (χ3n) is 6.94. The van der Waals surface area contributed by atoms with Gasteiger partial charge in [0.2, 0.25) is 11.8 Å². The Balaban J connectivity index is 1.25. The summed E-state index contributed by atoms with van der Waals surface area (Å²) in [5.74, 6) is 0.358. The Labute approximate surface area is 175 Å². The highest BCUT2D eigenvalue weighted by molar-refractivity contribution is 6.22. The molecule has 0 radical (unpaired) electrons. The van der Waals surface area contributed by atoms with E-state index in [2.05, 4.69) is 5.32 Å². The van der Waals surface area contributed by atoms with Crippen LogP contribution in [0.2, 0.25) is 0 Å². The van der Waals surface area contributed by atoms with Crippen LogP contribution in [0.25, 0.3) is 0 Å². The lowest BCUT2D eigenvalue weighted by atomic mass is 9.76. The van der Waals surface area contributed by atoms with Gasteiger partial charge in [0.15, 0.2) is 0 Å². The lowest BCUT2D eigenvalue weighted by molar-refractivity contribution is -0.149. The molecule has 0 aliphatic carbocycles. The molecule has 4 atom stereocenters. The molecular weight excluding hydrogens is 384 g/mol. The number of rotatable bonds is 3. The van der Waals surface area contributed by atoms with Gasteiger partial charge in [0.05, 0.1) is 12.1 Å². The van der Waals surface area contributed by atoms with E-state index in [0.717, 1.165) is 30.7 Å². The van der Waals surface area contributed by atoms with E-state index in [9.17, 15) is 19.2 Å². The quantitative estimate of drug-likeness (QED) is 0.762. The van der Waals surface area contributed by atoms with E-state index in [1.807, 2.05) is 15.9 Å². The standard InChI is InChI=1S/C22H26N4O4/c27-19-8-4-7-18-15-9-14(12-25(18)19)11-24(13-15)20(28)10-17-21(29)26(22(30)23-17)16-5-2-1-3-6-16/h1-3,5-6,14-15,17-18H,4,7-13H2,(H,23,30)/t14-,15+,17?,18?/m1/s1. The minimum atomic E-state index is -0.834. The zero-order valence-corrected chi connectivity index (χ0v) is 16.8. The maximum Gasteiger partial charge on any atom is 0.329 e. The van der Waals surface area contributed by atoms with Gasteiger partial charge in [-0.25, -0.2) is 9.69 Å². The SMILES string of the molecule is O=C(CC1NC(=O)N(c2ccccc2)C1=O)N1C[C@H]2C[C@@H](C1)C1CCCC(=O)N1C2. The molecule has 1 N–H and O–H groups in total. The second-order valence-electron chi connectivity index (χ2n) is 8.88. The molecule has 4 aliphatic rings. The number of piperidine rings is 3. The number of nitrogens with one attached hydrogen (secondary N) is 1. The van der Waals surface area contributed by atoms with Crippen LogP contribution in [-0.2, 0) is 14.4 Å². The molecule has 1 aromatic carbocycles. The van der Waals surface area contributed by atoms with E-state index >= 15 is 0 Å². The average molecular weight is 410 g/mol. The molecule has 0 spiro atoms. The van der Waals surface area contributed by atoms with Crippen LogP contribution < -0.4 is 10.2 Å². The van der Waals surface area contributed by atoms with Crippen molar-refractivity contribution in [1.29, 1.82) is 0 Å². The molecule has 158 valence electrons. The smallest absolute Gasteiger partial charge is 0.329 e. The molecular formula is C22H26N4O4. The van der Waals surface area contributed by atoms with Crippen LogP contribution in [0.3, 0.4) is 0 Å². The second kappa shape index (κ2) is 7.41. The van der Waals surface area contributed by atoms with Crippen molar-refractivity contribution >= 4 is 29.4 Å². The summed E-state index contributed by atoms with van der Waals surface area (Å²) in [6, 6.07) is 7.66. The summed E-state index contributed by atoms with van der Waals surface area (Å²) in [5, 5.41) is 2.66. The third kappa shape index (κ3) is 3.24. The first-order valence-electron chi connectivity index (χ1n) is 10.8. The molecule has 5 rings (SSSR count). The predicted molar refractivity (Wildman–Crippen MR) is 108 cm³/mol. The van der Waals surface area contributed by atoms with Crippen molar-refractivity contribution in [3.8, 4) is 0 Å². The highest BCUT2D eigenvalue weighted by Gasteiger charge is 2.46. The fourth-order valence-electron chi connectivity index (χ4n) is 5.61. The molecule has 4 fully saturated rings. The number of amides is 5. The topological polar surface area (TPSA) is 90.0 Å². The van der Waals surface area contributed by atoms with Gasteiger partial charge in [0, 0.05) is 32.1 Å². The predicted octanol–water partition coefficient (Wildman–Crippen LogP) is 1.36. The minimum Gasteiger partial charge on any atom is -0.342 e. The normalized spacial score (nSPS) is 30.9. The molecule has 2 bridgehead atoms. The first-order valence-corrected chi connectivity index (χ1v) is 10.8. The molecule has 5 amide bonds. The number of nitrogens with zero attached hydrogens (tertiary/aromatic N) is 3. The zero-order valence-electron chi connectivity index (χ0n) is 16.8. The highest BCUT2D eigenvalue weighted by atomic mass is 16.2. The number of hydrogen-bond donors (Lipinski definition) is 1. The maximum atomic E-state index is 13.0. The van der Waals surface area contributed by atoms with Gasteiger partial charge < -0.3 is 15.1 Å². The van der Waals surface area contributed by atoms with Crippen LogP contribution in [0.1, 0.15) is 32.1 Å². The molecule has 1 aromatic rings. The Hall–Kier alpha value is -2.90. The summed E-state index contributed by atoms with van der Waals surface area (Å²) in [4.78, 5) is 55.4. The van der Waals surface area contributed by atoms with Crippen molar-refractivity contribution in [2.45, 2.75) is 44.2 Å². The van der Waals surface area contributed by atoms with Gasteiger partial charge in [0.1, 0.15) is 6.04 Å². The van der Waals surface area contributed by atoms with E-state index in [1.54, 1.807) is 24.3 Å². The largest absolute Gasteiger partial charge is 0.342 e. The summed E-state index contributed by atoms with van der Waals surface area (Å²) in [5.41, 5.74) is 0.504. The Kier molecular flexibility index (Phi) is 4.72. The van der Waals surface area contributed by atoms with Crippen molar-refractivity contribution < 1.29 is 19.2 Å². The maximum absolute atomic E-state index is 13.0. The van der Waals surface area contributed by atoms with Gasteiger partial charge in [-0.3, -0.25) is 14.4 Å². The number of benzene rings is 1. The van der Waals surface area contributed by atoms with Crippen molar-refractivity contribution in [3.63, 3.8) is 0 Å². The van der Waals surface area contributed by atoms with E-state index in [0.29, 0.717) is 37.0 Å². The Morgan fingerprint density at radius 1 is 1.07 bits per heavy atom. The van der Waals surface area contributed by atoms with Crippen LogP contribution in [0.5, 0.6) is 0 Å². The summed E-state index contributed by atoms with van der Waals surface area (Å²) < 4.78 is 0. The number of carbonyl (C=O) groups excluding carboxylic acids is 4. The van der Waals surface area contributed by atoms with Crippen molar-refractivity contribution in [2.24, 2.45) is 11.8 Å². The first kappa shape index (κ1) is 19.1. The molecule has 4 saturated heterocycles. The summed E-state index contributed by atoms with van der Waals surface area (Å²) in [6.07, 6.45) is 3.60. The number of urea groups is 1. The second-order valence-corrected chi connectivity index (χ2v) is 8.88. The van der Waals surface area contributed by atoms with Crippen LogP contribution in [0.4, 0.5) is 10.5 Å². The van der Waals surface area contributed by atoms with Gasteiger partial charge in [-0.2, -0.15) is 0 Å². The average Bonchev–Trinajstić information content (AvgIpc) is 3.02. The van der Waals surface area contributed by atoms with Crippen LogP contribution in [0.15, 0.2) is 30.3 Å². The molecule has 2 unspecified atom stereocenters. The van der Waals surface area contributed by atoms with E-state index in [1.165, 1.54) is 0 Å². The number of carbonyl (C=O) groups is 4. The number of fused-ring (bicyclic) bond motifs is 4. The van der Waals surface area contributed by atoms with Gasteiger partial charge in [-0.1, -0.05) is 18.2 Å². The molecule has 8 heteroatoms. The molecule has 4 heterocycles. The van der Waals surface area contributed by atoms with Gasteiger partial charge in [-0.15, -0.1) is 0 Å². The number of para-hydroxylation sites is 1. The summed E-state index contributed by atoms with van der Waals surface area (Å²) >= 11 is 0. The number of imide groups is 1. The Bertz CT molecular complexity index is 888. The number of anilines is 1. The summed E-state index contributed by atoms with van der Waals surface area (Å²) in [7, 11) is 0. The molecule has 0 saturated carbocycles. The van der Waals surface area contributed by atoms with Gasteiger partial charge in [0.25, 0.3) is 5.91 Å². The lowest BCUT2D eigenvalue weighted by Crippen LogP contribution is -2.61. The number of hydrogen-bond acceptors (Lipinski definition) is 4. The van der Waals surface area contributed by atoms with Crippen molar-refractivity contribution in [1.82, 2.24) is 15.1 Å². The van der Waals surface area contributed by atoms with Crippen molar-refractivity contribution in [2.75, 3.05) is 24.5 Å². The van der Waals surface area contributed by atoms with Gasteiger partial charge in [-0.05, 0) is 43.2 Å². The summed E-state index contributed by atoms with van der Waals surface area (Å²) in [6.45, 7) is 1.97. The van der Waals surface area contributed by atoms with E-state index < -0.39 is 12.1 Å². The Morgan fingerprint density at radius 2 is 1.87 bits per heavy atom. The molecule has 0 aromatic heterocycles. The van der Waals surface area contributed by atoms with Crippen molar-refractivity contribution in [3.05, 3.63) is 30.3 Å². The molecule has 8 nitrogen and oxygen atoms in total. The van der Waals surface area contributed by atoms with E-state index in [4.69, 9.17) is 0 Å². The Morgan fingerprint density at radius 3 is 2.67 bits per heavy atom. The van der Waals surface area contributed by atoms with Crippen LogP contribution >= 0.6 is 0 Å². The highest BCUT2D eigenvalue weighted by Crippen LogP contribution is 2.38. The fraction of sp³-hybridized carbons (Fsp3) is 0.545. The minimum absolute atomic E-state index is 0.0271. The van der Waals surface area contributed by atoms with E-state index in [-0.39, 0.29) is 30.2 Å². The third-order valence-corrected chi connectivity index (χ3v) is 6.94. The van der Waals surface area contributed by atoms with Crippen LogP contribution in [-0.4, -0.2) is 65.3 Å². The van der Waals surface area contributed by atoms with Gasteiger partial charge >= 0.3 is 6.03 Å². The fourth-order valence-corrected chi connectivity index (χ4v) is 5.61. The number of likely N-dealkylation sites (tertiary alicyclic amines) is 1. The monoisotopic (exact) mass is 410 g/mol. The lowest BCUT2D eigenvalue weighted by Gasteiger charge is -2.52.